The van der Waals surface area contributed by atoms with Crippen LogP contribution in [0.25, 0.3) is 0 Å². The lowest BCUT2D eigenvalue weighted by Gasteiger charge is -2.34. The first-order chi connectivity index (χ1) is 14.8. The maximum absolute atomic E-state index is 12.5. The Balaban J connectivity index is 1.43. The number of para-hydroxylation sites is 1. The van der Waals surface area contributed by atoms with Crippen LogP contribution in [0, 0.1) is 20.8 Å². The summed E-state index contributed by atoms with van der Waals surface area (Å²) < 4.78 is 0. The molecule has 7 heteroatoms. The van der Waals surface area contributed by atoms with Gasteiger partial charge in [0, 0.05) is 37.4 Å². The molecule has 3 amide bonds. The highest BCUT2D eigenvalue weighted by Crippen LogP contribution is 2.19. The number of nitrogens with one attached hydrogen (secondary N) is 2. The van der Waals surface area contributed by atoms with Crippen molar-refractivity contribution in [1.82, 2.24) is 15.1 Å². The van der Waals surface area contributed by atoms with Gasteiger partial charge < -0.3 is 15.5 Å². The van der Waals surface area contributed by atoms with Gasteiger partial charge in [0.25, 0.3) is 5.91 Å². The van der Waals surface area contributed by atoms with Gasteiger partial charge in [0.1, 0.15) is 0 Å². The fourth-order valence-electron chi connectivity index (χ4n) is 3.74. The molecule has 1 fully saturated rings. The molecular weight excluding hydrogens is 392 g/mol. The molecule has 2 N–H and O–H groups in total. The van der Waals surface area contributed by atoms with E-state index in [-0.39, 0.29) is 24.3 Å². The highest BCUT2D eigenvalue weighted by Gasteiger charge is 2.23. The molecule has 1 aliphatic rings. The molecule has 0 spiro atoms. The molecule has 0 atom stereocenters. The number of rotatable bonds is 6. The molecule has 7 nitrogen and oxygen atoms in total. The van der Waals surface area contributed by atoms with Gasteiger partial charge in [-0.05, 0) is 43.5 Å². The maximum atomic E-state index is 12.5. The third-order valence-corrected chi connectivity index (χ3v) is 5.63. The van der Waals surface area contributed by atoms with E-state index >= 15 is 0 Å². The standard InChI is InChI=1S/C24H30N4O3/c1-17-7-4-5-10-20(17)24(31)25-15-22(30)28-13-11-27(12-14-28)16-21(29)26-23-18(2)8-6-9-19(23)3/h4-10H,11-16H2,1-3H3,(H,25,31)(H,26,29). The van der Waals surface area contributed by atoms with E-state index in [0.717, 1.165) is 22.4 Å². The quantitative estimate of drug-likeness (QED) is 0.747. The van der Waals surface area contributed by atoms with Crippen LogP contribution in [0.5, 0.6) is 0 Å². The predicted octanol–water partition coefficient (Wildman–Crippen LogP) is 2.12. The summed E-state index contributed by atoms with van der Waals surface area (Å²) in [4.78, 5) is 41.0. The van der Waals surface area contributed by atoms with Crippen molar-refractivity contribution in [3.05, 3.63) is 64.7 Å². The summed E-state index contributed by atoms with van der Waals surface area (Å²) in [5, 5.41) is 5.71. The van der Waals surface area contributed by atoms with Crippen molar-refractivity contribution in [2.24, 2.45) is 0 Å². The molecule has 0 bridgehead atoms. The van der Waals surface area contributed by atoms with Gasteiger partial charge in [-0.25, -0.2) is 0 Å². The van der Waals surface area contributed by atoms with Gasteiger partial charge >= 0.3 is 0 Å². The number of carbonyl (C=O) groups is 3. The molecule has 0 saturated carbocycles. The van der Waals surface area contributed by atoms with E-state index in [1.807, 2.05) is 56.0 Å². The number of hydrogen-bond acceptors (Lipinski definition) is 4. The maximum Gasteiger partial charge on any atom is 0.251 e. The number of hydrogen-bond donors (Lipinski definition) is 2. The monoisotopic (exact) mass is 422 g/mol. The van der Waals surface area contributed by atoms with Crippen LogP contribution in [0.1, 0.15) is 27.0 Å². The van der Waals surface area contributed by atoms with Gasteiger partial charge in [0.05, 0.1) is 13.1 Å². The third kappa shape index (κ3) is 5.92. The summed E-state index contributed by atoms with van der Waals surface area (Å²) in [6.07, 6.45) is 0. The van der Waals surface area contributed by atoms with Gasteiger partial charge in [-0.2, -0.15) is 0 Å². The topological polar surface area (TPSA) is 81.8 Å². The van der Waals surface area contributed by atoms with Crippen LogP contribution in [-0.4, -0.2) is 66.8 Å². The number of aryl methyl sites for hydroxylation is 3. The minimum atomic E-state index is -0.242. The number of piperazine rings is 1. The Hall–Kier alpha value is -3.19. The van der Waals surface area contributed by atoms with Crippen molar-refractivity contribution in [2.45, 2.75) is 20.8 Å². The number of nitrogens with zero attached hydrogens (tertiary/aromatic N) is 2. The van der Waals surface area contributed by atoms with Crippen molar-refractivity contribution >= 4 is 23.4 Å². The van der Waals surface area contributed by atoms with E-state index in [1.165, 1.54) is 0 Å². The number of amides is 3. The zero-order chi connectivity index (χ0) is 22.4. The second-order valence-corrected chi connectivity index (χ2v) is 7.97. The van der Waals surface area contributed by atoms with Crippen LogP contribution < -0.4 is 10.6 Å². The lowest BCUT2D eigenvalue weighted by molar-refractivity contribution is -0.132. The van der Waals surface area contributed by atoms with Crippen molar-refractivity contribution in [3.8, 4) is 0 Å². The van der Waals surface area contributed by atoms with Crippen LogP contribution >= 0.6 is 0 Å². The van der Waals surface area contributed by atoms with E-state index in [4.69, 9.17) is 0 Å². The number of anilines is 1. The smallest absolute Gasteiger partial charge is 0.251 e. The molecule has 2 aromatic carbocycles. The molecule has 1 heterocycles. The summed E-state index contributed by atoms with van der Waals surface area (Å²) in [6.45, 7) is 8.41. The average molecular weight is 423 g/mol. The zero-order valence-corrected chi connectivity index (χ0v) is 18.4. The van der Waals surface area contributed by atoms with Gasteiger partial charge in [0.15, 0.2) is 0 Å². The highest BCUT2D eigenvalue weighted by molar-refractivity contribution is 5.97. The molecular formula is C24H30N4O3. The second kappa shape index (κ2) is 10.2. The zero-order valence-electron chi connectivity index (χ0n) is 18.4. The van der Waals surface area contributed by atoms with E-state index in [0.29, 0.717) is 38.3 Å². The molecule has 31 heavy (non-hydrogen) atoms. The van der Waals surface area contributed by atoms with E-state index in [1.54, 1.807) is 17.0 Å². The van der Waals surface area contributed by atoms with Crippen molar-refractivity contribution in [3.63, 3.8) is 0 Å². The summed E-state index contributed by atoms with van der Waals surface area (Å²) in [7, 11) is 0. The van der Waals surface area contributed by atoms with Crippen molar-refractivity contribution < 1.29 is 14.4 Å². The molecule has 1 aliphatic heterocycles. The molecule has 1 saturated heterocycles. The van der Waals surface area contributed by atoms with Crippen molar-refractivity contribution in [1.29, 1.82) is 0 Å². The fraction of sp³-hybridized carbons (Fsp3) is 0.375. The molecule has 164 valence electrons. The van der Waals surface area contributed by atoms with E-state index in [9.17, 15) is 14.4 Å². The Morgan fingerprint density at radius 2 is 1.45 bits per heavy atom. The van der Waals surface area contributed by atoms with E-state index < -0.39 is 0 Å². The van der Waals surface area contributed by atoms with Gasteiger partial charge in [-0.1, -0.05) is 36.4 Å². The normalized spacial score (nSPS) is 14.2. The van der Waals surface area contributed by atoms with Gasteiger partial charge in [-0.3, -0.25) is 19.3 Å². The highest BCUT2D eigenvalue weighted by atomic mass is 16.2. The first-order valence-electron chi connectivity index (χ1n) is 10.5. The number of benzene rings is 2. The van der Waals surface area contributed by atoms with Gasteiger partial charge in [0.2, 0.25) is 11.8 Å². The van der Waals surface area contributed by atoms with E-state index in [2.05, 4.69) is 10.6 Å². The second-order valence-electron chi connectivity index (χ2n) is 7.97. The van der Waals surface area contributed by atoms with Crippen molar-refractivity contribution in [2.75, 3.05) is 44.6 Å². The minimum Gasteiger partial charge on any atom is -0.343 e. The Bertz CT molecular complexity index is 945. The SMILES string of the molecule is Cc1ccccc1C(=O)NCC(=O)N1CCN(CC(=O)Nc2c(C)cccc2C)CC1. The van der Waals surface area contributed by atoms with Crippen LogP contribution in [0.4, 0.5) is 5.69 Å². The lowest BCUT2D eigenvalue weighted by Crippen LogP contribution is -2.52. The molecule has 0 aromatic heterocycles. The fourth-order valence-corrected chi connectivity index (χ4v) is 3.74. The minimum absolute atomic E-state index is 0.0276. The Kier molecular flexibility index (Phi) is 7.41. The lowest BCUT2D eigenvalue weighted by atomic mass is 10.1. The largest absolute Gasteiger partial charge is 0.343 e. The molecule has 2 aromatic rings. The summed E-state index contributed by atoms with van der Waals surface area (Å²) >= 11 is 0. The Labute approximate surface area is 183 Å². The molecule has 0 radical (unpaired) electrons. The first kappa shape index (κ1) is 22.5. The Morgan fingerprint density at radius 3 is 2.10 bits per heavy atom. The summed E-state index contributed by atoms with van der Waals surface area (Å²) in [6, 6.07) is 13.2. The van der Waals surface area contributed by atoms with Crippen LogP contribution in [0.3, 0.4) is 0 Å². The molecule has 0 unspecified atom stereocenters. The Morgan fingerprint density at radius 1 is 0.839 bits per heavy atom. The predicted molar refractivity (Wildman–Crippen MR) is 121 cm³/mol. The first-order valence-corrected chi connectivity index (χ1v) is 10.5. The summed E-state index contributed by atoms with van der Waals surface area (Å²) in [5.41, 5.74) is 4.40. The van der Waals surface area contributed by atoms with Crippen LogP contribution in [-0.2, 0) is 9.59 Å². The third-order valence-electron chi connectivity index (χ3n) is 5.63. The molecule has 3 rings (SSSR count). The number of carbonyl (C=O) groups excluding carboxylic acids is 3. The summed E-state index contributed by atoms with van der Waals surface area (Å²) in [5.74, 6) is -0.405. The van der Waals surface area contributed by atoms with Crippen LogP contribution in [0.2, 0.25) is 0 Å². The van der Waals surface area contributed by atoms with Gasteiger partial charge in [-0.15, -0.1) is 0 Å². The average Bonchev–Trinajstić information content (AvgIpc) is 2.75. The van der Waals surface area contributed by atoms with Crippen LogP contribution in [0.15, 0.2) is 42.5 Å². The molecule has 0 aliphatic carbocycles.